The van der Waals surface area contributed by atoms with Gasteiger partial charge in [-0.15, -0.1) is 21.5 Å². The number of ether oxygens (including phenoxy) is 1. The molecule has 0 saturated heterocycles. The van der Waals surface area contributed by atoms with Crippen LogP contribution in [0.3, 0.4) is 0 Å². The number of aromatic nitrogens is 5. The average Bonchev–Trinajstić information content (AvgIpc) is 3.33. The van der Waals surface area contributed by atoms with E-state index in [1.807, 2.05) is 42.8 Å². The summed E-state index contributed by atoms with van der Waals surface area (Å²) < 4.78 is 7.42. The van der Waals surface area contributed by atoms with Crippen molar-refractivity contribution in [3.05, 3.63) is 50.9 Å². The molecule has 7 nitrogen and oxygen atoms in total. The molecule has 1 aliphatic carbocycles. The minimum absolute atomic E-state index is 0.0304. The maximum atomic E-state index is 13.0. The first-order valence-electron chi connectivity index (χ1n) is 10.7. The Morgan fingerprint density at radius 2 is 2.12 bits per heavy atom. The Morgan fingerprint density at radius 1 is 1.31 bits per heavy atom. The third kappa shape index (κ3) is 3.63. The Morgan fingerprint density at radius 3 is 2.94 bits per heavy atom. The highest BCUT2D eigenvalue weighted by Gasteiger charge is 2.25. The van der Waals surface area contributed by atoms with E-state index in [1.165, 1.54) is 22.2 Å². The van der Waals surface area contributed by atoms with Crippen LogP contribution >= 0.6 is 23.1 Å². The van der Waals surface area contributed by atoms with Gasteiger partial charge < -0.3 is 14.3 Å². The van der Waals surface area contributed by atoms with Crippen molar-refractivity contribution in [1.29, 1.82) is 0 Å². The molecule has 0 amide bonds. The van der Waals surface area contributed by atoms with Gasteiger partial charge in [0.15, 0.2) is 11.0 Å². The molecule has 2 unspecified atom stereocenters. The largest absolute Gasteiger partial charge is 0.496 e. The van der Waals surface area contributed by atoms with Gasteiger partial charge >= 0.3 is 0 Å². The van der Waals surface area contributed by atoms with E-state index >= 15 is 0 Å². The van der Waals surface area contributed by atoms with Gasteiger partial charge in [-0.05, 0) is 49.8 Å². The van der Waals surface area contributed by atoms with Crippen LogP contribution in [0.4, 0.5) is 0 Å². The number of rotatable bonds is 5. The molecule has 0 saturated carbocycles. The third-order valence-electron chi connectivity index (χ3n) is 6.03. The Kier molecular flexibility index (Phi) is 5.54. The number of hydrogen-bond acceptors (Lipinski definition) is 7. The van der Waals surface area contributed by atoms with Crippen LogP contribution in [0.2, 0.25) is 0 Å². The summed E-state index contributed by atoms with van der Waals surface area (Å²) in [6.45, 7) is 4.30. The van der Waals surface area contributed by atoms with Crippen molar-refractivity contribution in [2.45, 2.75) is 43.5 Å². The van der Waals surface area contributed by atoms with E-state index in [-0.39, 0.29) is 10.8 Å². The molecular weight excluding hydrogens is 442 g/mol. The second-order valence-corrected chi connectivity index (χ2v) is 10.7. The van der Waals surface area contributed by atoms with Crippen molar-refractivity contribution in [3.8, 4) is 17.1 Å². The molecule has 0 radical (unpaired) electrons. The monoisotopic (exact) mass is 467 g/mol. The molecule has 1 aliphatic rings. The molecule has 0 spiro atoms. The summed E-state index contributed by atoms with van der Waals surface area (Å²) in [4.78, 5) is 23.0. The van der Waals surface area contributed by atoms with Gasteiger partial charge in [0.25, 0.3) is 5.56 Å². The van der Waals surface area contributed by atoms with E-state index < -0.39 is 0 Å². The van der Waals surface area contributed by atoms with Crippen LogP contribution in [0.15, 0.2) is 34.2 Å². The molecule has 5 rings (SSSR count). The molecule has 0 fully saturated rings. The molecule has 166 valence electrons. The molecular formula is C23H25N5O2S2. The molecule has 32 heavy (non-hydrogen) atoms. The average molecular weight is 468 g/mol. The van der Waals surface area contributed by atoms with Crippen LogP contribution in [0, 0.1) is 5.92 Å². The highest BCUT2D eigenvalue weighted by atomic mass is 32.2. The van der Waals surface area contributed by atoms with E-state index in [9.17, 15) is 4.79 Å². The van der Waals surface area contributed by atoms with Crippen molar-refractivity contribution in [3.63, 3.8) is 0 Å². The molecule has 3 aromatic heterocycles. The smallest absolute Gasteiger partial charge is 0.259 e. The normalized spacial score (nSPS) is 16.8. The minimum Gasteiger partial charge on any atom is -0.496 e. The first-order valence-corrected chi connectivity index (χ1v) is 12.4. The molecule has 2 atom stereocenters. The fourth-order valence-corrected chi connectivity index (χ4v) is 6.52. The zero-order valence-electron chi connectivity index (χ0n) is 18.5. The van der Waals surface area contributed by atoms with Crippen molar-refractivity contribution in [2.75, 3.05) is 7.11 Å². The molecule has 9 heteroatoms. The fraction of sp³-hybridized carbons (Fsp3) is 0.391. The Balaban J connectivity index is 1.45. The van der Waals surface area contributed by atoms with Gasteiger partial charge in [-0.25, -0.2) is 4.98 Å². The summed E-state index contributed by atoms with van der Waals surface area (Å²) in [6.07, 6.45) is 3.14. The number of thiophene rings is 1. The van der Waals surface area contributed by atoms with E-state index in [0.717, 1.165) is 51.8 Å². The summed E-state index contributed by atoms with van der Waals surface area (Å²) in [7, 11) is 3.58. The summed E-state index contributed by atoms with van der Waals surface area (Å²) in [5.41, 5.74) is 2.06. The summed E-state index contributed by atoms with van der Waals surface area (Å²) in [6, 6.07) is 7.75. The summed E-state index contributed by atoms with van der Waals surface area (Å²) >= 11 is 3.20. The third-order valence-corrected chi connectivity index (χ3v) is 8.33. The van der Waals surface area contributed by atoms with Gasteiger partial charge in [-0.2, -0.15) is 0 Å². The van der Waals surface area contributed by atoms with E-state index in [4.69, 9.17) is 9.72 Å². The number of methoxy groups -OCH3 is 1. The maximum absolute atomic E-state index is 13.0. The number of benzene rings is 1. The summed E-state index contributed by atoms with van der Waals surface area (Å²) in [5.74, 6) is 2.81. The second kappa shape index (κ2) is 8.37. The van der Waals surface area contributed by atoms with Crippen LogP contribution in [0.25, 0.3) is 21.6 Å². The van der Waals surface area contributed by atoms with Gasteiger partial charge in [0, 0.05) is 11.9 Å². The lowest BCUT2D eigenvalue weighted by Crippen LogP contribution is -2.15. The molecule has 1 N–H and O–H groups in total. The molecule has 0 bridgehead atoms. The van der Waals surface area contributed by atoms with E-state index in [0.29, 0.717) is 11.7 Å². The Bertz CT molecular complexity index is 1360. The van der Waals surface area contributed by atoms with Gasteiger partial charge in [-0.1, -0.05) is 30.8 Å². The second-order valence-electron chi connectivity index (χ2n) is 8.31. The zero-order valence-corrected chi connectivity index (χ0v) is 20.1. The Labute approximate surface area is 194 Å². The highest BCUT2D eigenvalue weighted by Crippen LogP contribution is 2.38. The van der Waals surface area contributed by atoms with Crippen LogP contribution in [0.1, 0.15) is 41.8 Å². The van der Waals surface area contributed by atoms with Crippen LogP contribution in [-0.4, -0.2) is 31.8 Å². The van der Waals surface area contributed by atoms with Crippen molar-refractivity contribution in [2.24, 2.45) is 13.0 Å². The number of nitrogens with one attached hydrogen (secondary N) is 1. The minimum atomic E-state index is -0.0847. The van der Waals surface area contributed by atoms with E-state index in [2.05, 4.69) is 22.1 Å². The van der Waals surface area contributed by atoms with Gasteiger partial charge in [0.05, 0.1) is 23.3 Å². The number of H-pyrrole nitrogens is 1. The molecule has 1 aromatic carbocycles. The quantitative estimate of drug-likeness (QED) is 0.426. The molecule has 3 heterocycles. The Hall–Kier alpha value is -2.65. The zero-order chi connectivity index (χ0) is 22.4. The highest BCUT2D eigenvalue weighted by molar-refractivity contribution is 7.99. The SMILES string of the molecule is COc1ccccc1-c1nnc(SC(C)c2nc3sc4c(c3c(=O)[nH]2)CCC(C)C4)n1C. The number of aromatic amines is 1. The van der Waals surface area contributed by atoms with Crippen LogP contribution in [-0.2, 0) is 19.9 Å². The number of para-hydroxylation sites is 1. The first-order chi connectivity index (χ1) is 15.5. The van der Waals surface area contributed by atoms with Crippen LogP contribution < -0.4 is 10.3 Å². The van der Waals surface area contributed by atoms with Crippen molar-refractivity contribution < 1.29 is 4.74 Å². The number of fused-ring (bicyclic) bond motifs is 3. The number of hydrogen-bond donors (Lipinski definition) is 1. The number of aryl methyl sites for hydroxylation is 1. The van der Waals surface area contributed by atoms with Crippen molar-refractivity contribution in [1.82, 2.24) is 24.7 Å². The predicted molar refractivity (Wildman–Crippen MR) is 129 cm³/mol. The van der Waals surface area contributed by atoms with Gasteiger partial charge in [0.1, 0.15) is 16.4 Å². The lowest BCUT2D eigenvalue weighted by atomic mass is 9.89. The van der Waals surface area contributed by atoms with Gasteiger partial charge in [-0.3, -0.25) is 4.79 Å². The standard InChI is InChI=1S/C23H25N5O2S2/c1-12-9-10-15-17(11-12)32-22-18(15)21(29)24-19(25-22)13(2)31-23-27-26-20(28(23)3)14-7-5-6-8-16(14)30-4/h5-8,12-13H,9-11H2,1-4H3,(H,24,25,29). The molecule has 4 aromatic rings. The van der Waals surface area contributed by atoms with Crippen LogP contribution in [0.5, 0.6) is 5.75 Å². The molecule has 0 aliphatic heterocycles. The first kappa shape index (κ1) is 21.2. The maximum Gasteiger partial charge on any atom is 0.259 e. The number of thioether (sulfide) groups is 1. The van der Waals surface area contributed by atoms with Crippen molar-refractivity contribution >= 4 is 33.3 Å². The predicted octanol–water partition coefficient (Wildman–Crippen LogP) is 4.77. The van der Waals surface area contributed by atoms with E-state index in [1.54, 1.807) is 18.4 Å². The lowest BCUT2D eigenvalue weighted by molar-refractivity contribution is 0.416. The topological polar surface area (TPSA) is 85.7 Å². The number of nitrogens with zero attached hydrogens (tertiary/aromatic N) is 4. The fourth-order valence-electron chi connectivity index (χ4n) is 4.25. The summed E-state index contributed by atoms with van der Waals surface area (Å²) in [5, 5.41) is 10.2. The van der Waals surface area contributed by atoms with Gasteiger partial charge in [0.2, 0.25) is 0 Å². The lowest BCUT2D eigenvalue weighted by Gasteiger charge is -2.17.